The first kappa shape index (κ1) is 32.1. The van der Waals surface area contributed by atoms with Crippen molar-refractivity contribution in [3.63, 3.8) is 0 Å². The first-order valence-electron chi connectivity index (χ1n) is 16.5. The van der Waals surface area contributed by atoms with Crippen LogP contribution in [0.25, 0.3) is 27.6 Å². The molecule has 7 aromatic rings. The second kappa shape index (κ2) is 12.5. The van der Waals surface area contributed by atoms with Crippen LogP contribution in [-0.4, -0.2) is 24.3 Å². The Bertz CT molecular complexity index is 2290. The number of nitrogens with zero attached hydrogens (tertiary/aromatic N) is 4. The van der Waals surface area contributed by atoms with E-state index in [1.807, 2.05) is 6.20 Å². The van der Waals surface area contributed by atoms with E-state index in [1.165, 1.54) is 49.3 Å². The third kappa shape index (κ3) is 5.30. The van der Waals surface area contributed by atoms with Crippen molar-refractivity contribution in [2.75, 3.05) is 16.5 Å². The van der Waals surface area contributed by atoms with Gasteiger partial charge in [-0.2, -0.15) is 46.8 Å². The van der Waals surface area contributed by atoms with Gasteiger partial charge in [-0.15, -0.1) is 11.5 Å². The summed E-state index contributed by atoms with van der Waals surface area (Å²) in [6, 6.07) is 49.4. The molecule has 0 radical (unpaired) electrons. The van der Waals surface area contributed by atoms with Gasteiger partial charge in [0.1, 0.15) is 5.82 Å². The predicted molar refractivity (Wildman–Crippen MR) is 200 cm³/mol. The smallest absolute Gasteiger partial charge is 0.345 e. The van der Waals surface area contributed by atoms with Crippen LogP contribution in [0.3, 0.4) is 0 Å². The van der Waals surface area contributed by atoms with Gasteiger partial charge in [-0.25, -0.2) is 4.98 Å². The average Bonchev–Trinajstić information content (AvgIpc) is 3.65. The van der Waals surface area contributed by atoms with Crippen molar-refractivity contribution in [1.82, 2.24) is 9.55 Å². The summed E-state index contributed by atoms with van der Waals surface area (Å²) in [5.41, 5.74) is 9.54. The van der Waals surface area contributed by atoms with Crippen LogP contribution in [-0.2, 0) is 21.1 Å². The van der Waals surface area contributed by atoms with Crippen LogP contribution in [0.2, 0.25) is 13.1 Å². The monoisotopic (exact) mass is 821 g/mol. The van der Waals surface area contributed by atoms with Crippen molar-refractivity contribution in [1.29, 1.82) is 0 Å². The van der Waals surface area contributed by atoms with Crippen molar-refractivity contribution in [2.45, 2.75) is 39.8 Å². The van der Waals surface area contributed by atoms with E-state index >= 15 is 0 Å². The minimum Gasteiger partial charge on any atom is -0.345 e. The largest absolute Gasteiger partial charge is 2.00 e. The van der Waals surface area contributed by atoms with Gasteiger partial charge in [0.25, 0.3) is 0 Å². The third-order valence-corrected chi connectivity index (χ3v) is 13.1. The number of rotatable bonds is 6. The van der Waals surface area contributed by atoms with Crippen LogP contribution in [0, 0.1) is 19.1 Å². The van der Waals surface area contributed by atoms with Crippen LogP contribution in [0.1, 0.15) is 30.9 Å². The molecule has 0 N–H and O–H groups in total. The molecule has 6 heteroatoms. The number of hydrogen-bond acceptors (Lipinski definition) is 3. The second-order valence-electron chi connectivity index (χ2n) is 13.4. The van der Waals surface area contributed by atoms with E-state index in [4.69, 9.17) is 4.98 Å². The first-order chi connectivity index (χ1) is 22.8. The molecule has 3 heterocycles. The van der Waals surface area contributed by atoms with E-state index in [2.05, 4.69) is 176 Å². The van der Waals surface area contributed by atoms with Gasteiger partial charge in [0, 0.05) is 17.4 Å². The van der Waals surface area contributed by atoms with Gasteiger partial charge >= 0.3 is 21.1 Å². The summed E-state index contributed by atoms with van der Waals surface area (Å²) in [4.78, 5) is 9.67. The van der Waals surface area contributed by atoms with Crippen LogP contribution in [0.5, 0.6) is 0 Å². The van der Waals surface area contributed by atoms with Gasteiger partial charge < -0.3 is 14.4 Å². The molecular formula is C42H38N4PtSi. The number of para-hydroxylation sites is 4. The summed E-state index contributed by atoms with van der Waals surface area (Å²) in [7, 11) is -2.22. The van der Waals surface area contributed by atoms with Gasteiger partial charge in [0.05, 0.1) is 26.1 Å². The standard InChI is InChI=1S/C42H38N4Si.Pt/c1-29(2)31-23-24-43-42(25-31)46-38-18-9-7-16-35(38)36-22-21-34(27-41(36)46)47(4,5)33-15-12-14-32(26-33)44-28-45(37-17-8-6-13-30(37)3)40-20-11-10-19-39(40)44;/h6-25,29H,28H2,1-5H3;/q-2;+2. The molecule has 0 bridgehead atoms. The number of hydrogen-bond donors (Lipinski definition) is 0. The molecule has 2 aromatic heterocycles. The Morgan fingerprint density at radius 3 is 2.15 bits per heavy atom. The van der Waals surface area contributed by atoms with Crippen LogP contribution < -0.4 is 20.2 Å². The van der Waals surface area contributed by atoms with Gasteiger partial charge in [-0.1, -0.05) is 86.7 Å². The van der Waals surface area contributed by atoms with E-state index in [0.717, 1.165) is 29.2 Å². The van der Waals surface area contributed by atoms with Crippen molar-refractivity contribution in [2.24, 2.45) is 0 Å². The first-order valence-corrected chi connectivity index (χ1v) is 19.5. The average molecular weight is 822 g/mol. The molecule has 0 fully saturated rings. The summed E-state index contributed by atoms with van der Waals surface area (Å²) in [5, 5.41) is 4.94. The Hall–Kier alpha value is -4.44. The Labute approximate surface area is 298 Å². The molecule has 8 rings (SSSR count). The molecular weight excluding hydrogens is 784 g/mol. The Kier molecular flexibility index (Phi) is 8.39. The minimum atomic E-state index is -2.22. The van der Waals surface area contributed by atoms with Crippen molar-refractivity contribution in [3.05, 3.63) is 145 Å². The van der Waals surface area contributed by atoms with E-state index in [-0.39, 0.29) is 21.1 Å². The fourth-order valence-corrected chi connectivity index (χ4v) is 9.20. The summed E-state index contributed by atoms with van der Waals surface area (Å²) in [6.45, 7) is 12.2. The Balaban J connectivity index is 0.00000364. The van der Waals surface area contributed by atoms with Gasteiger partial charge in [-0.3, -0.25) is 0 Å². The summed E-state index contributed by atoms with van der Waals surface area (Å²) in [6.07, 6.45) is 1.94. The molecule has 48 heavy (non-hydrogen) atoms. The fourth-order valence-electron chi connectivity index (χ4n) is 7.03. The van der Waals surface area contributed by atoms with Crippen LogP contribution in [0.15, 0.2) is 121 Å². The molecule has 0 spiro atoms. The van der Waals surface area contributed by atoms with Crippen molar-refractivity contribution < 1.29 is 21.1 Å². The van der Waals surface area contributed by atoms with Crippen molar-refractivity contribution in [3.8, 4) is 5.82 Å². The van der Waals surface area contributed by atoms with Gasteiger partial charge in [0.2, 0.25) is 0 Å². The summed E-state index contributed by atoms with van der Waals surface area (Å²) in [5.74, 6) is 1.36. The normalized spacial score (nSPS) is 13.0. The predicted octanol–water partition coefficient (Wildman–Crippen LogP) is 9.28. The molecule has 240 valence electrons. The Morgan fingerprint density at radius 1 is 0.688 bits per heavy atom. The molecule has 1 aliphatic heterocycles. The van der Waals surface area contributed by atoms with E-state index < -0.39 is 8.07 Å². The van der Waals surface area contributed by atoms with Crippen LogP contribution in [0.4, 0.5) is 22.7 Å². The number of fused-ring (bicyclic) bond motifs is 4. The molecule has 0 amide bonds. The molecule has 0 aliphatic carbocycles. The Morgan fingerprint density at radius 2 is 1.38 bits per heavy atom. The van der Waals surface area contributed by atoms with E-state index in [9.17, 15) is 0 Å². The van der Waals surface area contributed by atoms with E-state index in [0.29, 0.717) is 5.92 Å². The molecule has 0 saturated carbocycles. The topological polar surface area (TPSA) is 24.3 Å². The minimum absolute atomic E-state index is 0. The SMILES string of the molecule is Cc1ccccc1N1CN(c2[c-]c([Si](C)(C)c3[c-]c4c(cc3)c3ccccc3n4-c3cc(C(C)C)ccn3)ccc2)c2ccccc21.[Pt+2]. The van der Waals surface area contributed by atoms with E-state index in [1.54, 1.807) is 0 Å². The third-order valence-electron chi connectivity index (χ3n) is 9.82. The number of aromatic nitrogens is 2. The molecule has 0 atom stereocenters. The summed E-state index contributed by atoms with van der Waals surface area (Å²) >= 11 is 0. The maximum Gasteiger partial charge on any atom is 2.00 e. The zero-order valence-electron chi connectivity index (χ0n) is 27.9. The van der Waals surface area contributed by atoms with Crippen molar-refractivity contribution >= 4 is 63.0 Å². The zero-order chi connectivity index (χ0) is 32.3. The van der Waals surface area contributed by atoms with Gasteiger partial charge in [-0.05, 0) is 65.8 Å². The maximum atomic E-state index is 4.86. The molecule has 0 unspecified atom stereocenters. The summed E-state index contributed by atoms with van der Waals surface area (Å²) < 4.78 is 2.30. The molecule has 1 aliphatic rings. The number of aryl methyl sites for hydroxylation is 1. The maximum absolute atomic E-state index is 4.86. The molecule has 4 nitrogen and oxygen atoms in total. The number of benzene rings is 5. The molecule has 5 aromatic carbocycles. The zero-order valence-corrected chi connectivity index (χ0v) is 31.2. The fraction of sp³-hybridized carbons (Fsp3) is 0.167. The number of pyridine rings is 1. The van der Waals surface area contributed by atoms with Crippen LogP contribution >= 0.6 is 0 Å². The van der Waals surface area contributed by atoms with Gasteiger partial charge in [0.15, 0.2) is 0 Å². The quantitative estimate of drug-likeness (QED) is 0.124. The second-order valence-corrected chi connectivity index (χ2v) is 17.8. The number of anilines is 4. The molecule has 0 saturated heterocycles.